The van der Waals surface area contributed by atoms with E-state index in [1.54, 1.807) is 6.92 Å². The van der Waals surface area contributed by atoms with Gasteiger partial charge in [0.2, 0.25) is 0 Å². The fraction of sp³-hybridized carbons (Fsp3) is 0.714. The van der Waals surface area contributed by atoms with Crippen molar-refractivity contribution >= 4 is 11.9 Å². The van der Waals surface area contributed by atoms with Crippen LogP contribution in [0.5, 0.6) is 0 Å². The lowest BCUT2D eigenvalue weighted by Gasteiger charge is -2.13. The number of carbonyl (C=O) groups excluding carboxylic acids is 2. The van der Waals surface area contributed by atoms with E-state index in [1.807, 2.05) is 6.92 Å². The summed E-state index contributed by atoms with van der Waals surface area (Å²) in [5.74, 6) is -0.691. The average Bonchev–Trinajstić information content (AvgIpc) is 2.35. The maximum Gasteiger partial charge on any atom is 0.333 e. The number of esters is 2. The standard InChI is InChI=1S/C14H24O4/c1-5-7-8-12(6-2)14(16)18-10-9-17-13(15)11(3)4/h12H,3,5-10H2,1-2,4H3. The van der Waals surface area contributed by atoms with Gasteiger partial charge in [-0.2, -0.15) is 0 Å². The third kappa shape index (κ3) is 7.09. The number of carbonyl (C=O) groups is 2. The highest BCUT2D eigenvalue weighted by Crippen LogP contribution is 2.14. The molecule has 18 heavy (non-hydrogen) atoms. The van der Waals surface area contributed by atoms with Crippen LogP contribution in [0.1, 0.15) is 46.5 Å². The second kappa shape index (κ2) is 9.68. The number of ether oxygens (including phenoxy) is 2. The zero-order valence-corrected chi connectivity index (χ0v) is 11.7. The average molecular weight is 256 g/mol. The molecule has 0 N–H and O–H groups in total. The number of hydrogen-bond acceptors (Lipinski definition) is 4. The summed E-state index contributed by atoms with van der Waals surface area (Å²) in [5, 5.41) is 0. The van der Waals surface area contributed by atoms with E-state index in [0.717, 1.165) is 25.7 Å². The molecule has 0 saturated heterocycles. The van der Waals surface area contributed by atoms with Gasteiger partial charge in [0.1, 0.15) is 13.2 Å². The van der Waals surface area contributed by atoms with Crippen molar-refractivity contribution in [3.05, 3.63) is 12.2 Å². The molecule has 4 nitrogen and oxygen atoms in total. The second-order valence-electron chi connectivity index (χ2n) is 4.33. The summed E-state index contributed by atoms with van der Waals surface area (Å²) in [4.78, 5) is 22.7. The van der Waals surface area contributed by atoms with Crippen molar-refractivity contribution in [1.82, 2.24) is 0 Å². The van der Waals surface area contributed by atoms with Crippen LogP contribution in [0.4, 0.5) is 0 Å². The van der Waals surface area contributed by atoms with Gasteiger partial charge < -0.3 is 9.47 Å². The molecule has 1 atom stereocenters. The summed E-state index contributed by atoms with van der Waals surface area (Å²) in [5.41, 5.74) is 0.343. The highest BCUT2D eigenvalue weighted by Gasteiger charge is 2.17. The molecule has 0 aliphatic carbocycles. The fourth-order valence-electron chi connectivity index (χ4n) is 1.46. The molecular formula is C14H24O4. The predicted molar refractivity (Wildman–Crippen MR) is 70.0 cm³/mol. The molecular weight excluding hydrogens is 232 g/mol. The van der Waals surface area contributed by atoms with E-state index in [1.165, 1.54) is 0 Å². The first kappa shape index (κ1) is 16.7. The van der Waals surface area contributed by atoms with Gasteiger partial charge in [-0.15, -0.1) is 0 Å². The Morgan fingerprint density at radius 3 is 2.28 bits per heavy atom. The molecule has 0 rings (SSSR count). The number of unbranched alkanes of at least 4 members (excludes halogenated alkanes) is 1. The molecule has 0 aromatic carbocycles. The van der Waals surface area contributed by atoms with Gasteiger partial charge in [0, 0.05) is 5.57 Å². The second-order valence-corrected chi connectivity index (χ2v) is 4.33. The van der Waals surface area contributed by atoms with Crippen LogP contribution in [0.2, 0.25) is 0 Å². The highest BCUT2D eigenvalue weighted by molar-refractivity contribution is 5.86. The zero-order valence-electron chi connectivity index (χ0n) is 11.7. The van der Waals surface area contributed by atoms with Crippen LogP contribution >= 0.6 is 0 Å². The SMILES string of the molecule is C=C(C)C(=O)OCCOC(=O)C(CC)CCCC. The van der Waals surface area contributed by atoms with E-state index < -0.39 is 5.97 Å². The molecule has 4 heteroatoms. The Balaban J connectivity index is 3.80. The molecule has 0 amide bonds. The summed E-state index contributed by atoms with van der Waals surface area (Å²) in [7, 11) is 0. The van der Waals surface area contributed by atoms with E-state index in [2.05, 4.69) is 13.5 Å². The van der Waals surface area contributed by atoms with E-state index in [4.69, 9.17) is 9.47 Å². The van der Waals surface area contributed by atoms with Crippen molar-refractivity contribution in [2.45, 2.75) is 46.5 Å². The van der Waals surface area contributed by atoms with Gasteiger partial charge in [-0.05, 0) is 19.8 Å². The highest BCUT2D eigenvalue weighted by atomic mass is 16.6. The first-order valence-corrected chi connectivity index (χ1v) is 6.52. The Morgan fingerprint density at radius 2 is 1.78 bits per heavy atom. The zero-order chi connectivity index (χ0) is 14.0. The van der Waals surface area contributed by atoms with Crippen molar-refractivity contribution in [3.63, 3.8) is 0 Å². The Hall–Kier alpha value is -1.32. The molecule has 0 radical (unpaired) electrons. The largest absolute Gasteiger partial charge is 0.462 e. The van der Waals surface area contributed by atoms with E-state index in [0.29, 0.717) is 5.57 Å². The van der Waals surface area contributed by atoms with Gasteiger partial charge in [-0.3, -0.25) is 4.79 Å². The summed E-state index contributed by atoms with van der Waals surface area (Å²) in [6, 6.07) is 0. The van der Waals surface area contributed by atoms with Crippen LogP contribution in [0.3, 0.4) is 0 Å². The molecule has 0 aromatic rings. The van der Waals surface area contributed by atoms with Crippen molar-refractivity contribution in [1.29, 1.82) is 0 Å². The molecule has 0 bridgehead atoms. The normalized spacial score (nSPS) is 11.7. The summed E-state index contributed by atoms with van der Waals surface area (Å²) >= 11 is 0. The topological polar surface area (TPSA) is 52.6 Å². The van der Waals surface area contributed by atoms with E-state index >= 15 is 0 Å². The van der Waals surface area contributed by atoms with Crippen LogP contribution < -0.4 is 0 Å². The van der Waals surface area contributed by atoms with E-state index in [-0.39, 0.29) is 25.1 Å². The lowest BCUT2D eigenvalue weighted by atomic mass is 10.00. The molecule has 0 aliphatic heterocycles. The summed E-state index contributed by atoms with van der Waals surface area (Å²) in [6.07, 6.45) is 3.74. The Bertz CT molecular complexity index is 284. The minimum Gasteiger partial charge on any atom is -0.462 e. The maximum atomic E-state index is 11.7. The quantitative estimate of drug-likeness (QED) is 0.361. The van der Waals surface area contributed by atoms with Gasteiger partial charge in [0.05, 0.1) is 5.92 Å². The molecule has 104 valence electrons. The fourth-order valence-corrected chi connectivity index (χ4v) is 1.46. The first-order chi connectivity index (χ1) is 8.52. The summed E-state index contributed by atoms with van der Waals surface area (Å²) < 4.78 is 9.91. The van der Waals surface area contributed by atoms with Gasteiger partial charge in [-0.1, -0.05) is 33.3 Å². The van der Waals surface area contributed by atoms with Crippen LogP contribution in [0, 0.1) is 5.92 Å². The molecule has 0 fully saturated rings. The van der Waals surface area contributed by atoms with Gasteiger partial charge >= 0.3 is 11.9 Å². The molecule has 0 saturated carbocycles. The van der Waals surface area contributed by atoms with Crippen molar-refractivity contribution < 1.29 is 19.1 Å². The van der Waals surface area contributed by atoms with Crippen molar-refractivity contribution in [2.24, 2.45) is 5.92 Å². The monoisotopic (exact) mass is 256 g/mol. The van der Waals surface area contributed by atoms with Crippen molar-refractivity contribution in [2.75, 3.05) is 13.2 Å². The van der Waals surface area contributed by atoms with Gasteiger partial charge in [0.15, 0.2) is 0 Å². The van der Waals surface area contributed by atoms with Crippen LogP contribution in [0.25, 0.3) is 0 Å². The van der Waals surface area contributed by atoms with Gasteiger partial charge in [0.25, 0.3) is 0 Å². The predicted octanol–water partition coefficient (Wildman–Crippen LogP) is 2.87. The van der Waals surface area contributed by atoms with Gasteiger partial charge in [-0.25, -0.2) is 4.79 Å². The third-order valence-electron chi connectivity index (χ3n) is 2.64. The van der Waals surface area contributed by atoms with Crippen LogP contribution in [0.15, 0.2) is 12.2 Å². The minimum absolute atomic E-state index is 0.0400. The molecule has 0 aliphatic rings. The number of rotatable bonds is 9. The van der Waals surface area contributed by atoms with E-state index in [9.17, 15) is 9.59 Å². The molecule has 0 heterocycles. The first-order valence-electron chi connectivity index (χ1n) is 6.52. The minimum atomic E-state index is -0.455. The molecule has 0 aromatic heterocycles. The third-order valence-corrected chi connectivity index (χ3v) is 2.64. The Kier molecular flexibility index (Phi) is 8.97. The Morgan fingerprint density at radius 1 is 1.17 bits per heavy atom. The molecule has 0 spiro atoms. The van der Waals surface area contributed by atoms with Crippen molar-refractivity contribution in [3.8, 4) is 0 Å². The maximum absolute atomic E-state index is 11.7. The lowest BCUT2D eigenvalue weighted by Crippen LogP contribution is -2.20. The van der Waals surface area contributed by atoms with Crippen LogP contribution in [-0.2, 0) is 19.1 Å². The Labute approximate surface area is 109 Å². The lowest BCUT2D eigenvalue weighted by molar-refractivity contribution is -0.153. The smallest absolute Gasteiger partial charge is 0.333 e. The van der Waals surface area contributed by atoms with Crippen LogP contribution in [-0.4, -0.2) is 25.2 Å². The number of hydrogen-bond donors (Lipinski definition) is 0. The summed E-state index contributed by atoms with van der Waals surface area (Å²) in [6.45, 7) is 9.30. The molecule has 1 unspecified atom stereocenters.